The Kier molecular flexibility index (Phi) is 7.10. The number of nitrogens with two attached hydrogens (primary N) is 2. The van der Waals surface area contributed by atoms with Crippen LogP contribution in [0.25, 0.3) is 16.6 Å². The van der Waals surface area contributed by atoms with Gasteiger partial charge in [0, 0.05) is 44.2 Å². The van der Waals surface area contributed by atoms with E-state index in [2.05, 4.69) is 26.7 Å². The number of anilines is 1. The van der Waals surface area contributed by atoms with E-state index in [1.54, 1.807) is 37.7 Å². The van der Waals surface area contributed by atoms with Gasteiger partial charge in [-0.3, -0.25) is 10.4 Å². The number of aromatic nitrogens is 2. The number of hydrogen-bond acceptors (Lipinski definition) is 9. The van der Waals surface area contributed by atoms with Gasteiger partial charge in [-0.05, 0) is 54.6 Å². The Morgan fingerprint density at radius 1 is 1.30 bits per heavy atom. The number of allylic oxidation sites excluding steroid dienone is 6. The van der Waals surface area contributed by atoms with Crippen LogP contribution in [-0.4, -0.2) is 41.2 Å². The normalized spacial score (nSPS) is 15.0. The van der Waals surface area contributed by atoms with Gasteiger partial charge in [-0.25, -0.2) is 4.98 Å². The van der Waals surface area contributed by atoms with Crippen molar-refractivity contribution < 1.29 is 0 Å². The maximum Gasteiger partial charge on any atom is 0.132 e. The zero-order valence-corrected chi connectivity index (χ0v) is 18.8. The summed E-state index contributed by atoms with van der Waals surface area (Å²) in [4.78, 5) is 11.0. The second-order valence-corrected chi connectivity index (χ2v) is 7.53. The van der Waals surface area contributed by atoms with Crippen LogP contribution in [0.3, 0.4) is 0 Å². The minimum atomic E-state index is 0.344. The zero-order valence-electron chi connectivity index (χ0n) is 18.8. The number of fused-ring (bicyclic) bond motifs is 1. The van der Waals surface area contributed by atoms with E-state index < -0.39 is 0 Å². The van der Waals surface area contributed by atoms with Crippen LogP contribution in [0.5, 0.6) is 0 Å². The summed E-state index contributed by atoms with van der Waals surface area (Å²) in [6.45, 7) is 2.31. The highest BCUT2D eigenvalue weighted by Gasteiger charge is 2.19. The van der Waals surface area contributed by atoms with Gasteiger partial charge in [-0.2, -0.15) is 5.26 Å². The van der Waals surface area contributed by atoms with Crippen LogP contribution in [0.4, 0.5) is 5.82 Å². The van der Waals surface area contributed by atoms with Crippen LogP contribution in [0.1, 0.15) is 12.5 Å². The molecular formula is C24H27N9. The topological polar surface area (TPSA) is 153 Å². The molecule has 0 saturated carbocycles. The Balaban J connectivity index is 1.95. The van der Waals surface area contributed by atoms with E-state index in [-0.39, 0.29) is 0 Å². The molecule has 0 aromatic carbocycles. The first-order valence-corrected chi connectivity index (χ1v) is 10.2. The van der Waals surface area contributed by atoms with Gasteiger partial charge in [0.1, 0.15) is 23.4 Å². The Bertz CT molecular complexity index is 1270. The van der Waals surface area contributed by atoms with E-state index in [1.807, 2.05) is 37.1 Å². The average Bonchev–Trinajstić information content (AvgIpc) is 2.81. The lowest BCUT2D eigenvalue weighted by atomic mass is 9.95. The molecule has 7 N–H and O–H groups in total. The fraction of sp³-hybridized carbons (Fsp3) is 0.167. The lowest BCUT2D eigenvalue weighted by molar-refractivity contribution is 0.471. The van der Waals surface area contributed by atoms with Crippen molar-refractivity contribution in [3.05, 3.63) is 83.3 Å². The summed E-state index contributed by atoms with van der Waals surface area (Å²) >= 11 is 0. The van der Waals surface area contributed by atoms with Crippen LogP contribution in [-0.2, 0) is 0 Å². The Labute approximate surface area is 193 Å². The summed E-state index contributed by atoms with van der Waals surface area (Å²) in [6.07, 6.45) is 10.2. The van der Waals surface area contributed by atoms with E-state index in [0.29, 0.717) is 40.7 Å². The van der Waals surface area contributed by atoms with Crippen LogP contribution in [0.2, 0.25) is 0 Å². The predicted molar refractivity (Wildman–Crippen MR) is 133 cm³/mol. The fourth-order valence-electron chi connectivity index (χ4n) is 3.30. The van der Waals surface area contributed by atoms with Crippen molar-refractivity contribution in [2.75, 3.05) is 26.0 Å². The molecule has 0 atom stereocenters. The summed E-state index contributed by atoms with van der Waals surface area (Å²) in [5.41, 5.74) is 16.8. The number of hydrogen-bond donors (Lipinski definition) is 5. The monoisotopic (exact) mass is 441 g/mol. The minimum absolute atomic E-state index is 0.344. The second kappa shape index (κ2) is 10.2. The molecular weight excluding hydrogens is 414 g/mol. The maximum atomic E-state index is 9.19. The Morgan fingerprint density at radius 3 is 2.76 bits per heavy atom. The third kappa shape index (κ3) is 5.37. The molecule has 0 radical (unpaired) electrons. The SMILES string of the molecule is CN/C=C(\C(=N)C1=CC=C(C#N)N(C)C1)c1cnc2ccc(N/C(N)=C/C(C)=C\N)nc2c1. The van der Waals surface area contributed by atoms with Crippen molar-refractivity contribution in [2.24, 2.45) is 11.5 Å². The smallest absolute Gasteiger partial charge is 0.132 e. The zero-order chi connectivity index (χ0) is 24.0. The number of nitrogens with one attached hydrogen (secondary N) is 3. The Hall–Kier alpha value is -4.58. The van der Waals surface area contributed by atoms with Crippen molar-refractivity contribution in [2.45, 2.75) is 6.92 Å². The second-order valence-electron chi connectivity index (χ2n) is 7.53. The number of nitriles is 1. The standard InChI is InChI=1S/C24H27N9/c1-15(10-25)8-22(27)32-23-7-6-20-21(31-23)9-17(12-30-20)19(13-29-2)24(28)16-4-5-18(11-26)33(3)14-16/h4-10,12-13,28-29H,14,25,27H2,1-3H3,(H,31,32)/b15-10-,19-13-,22-8+,28-24?. The third-order valence-corrected chi connectivity index (χ3v) is 5.02. The minimum Gasteiger partial charge on any atom is -0.404 e. The van der Waals surface area contributed by atoms with E-state index in [1.165, 1.54) is 6.20 Å². The van der Waals surface area contributed by atoms with E-state index in [0.717, 1.165) is 22.2 Å². The first-order valence-electron chi connectivity index (χ1n) is 10.2. The van der Waals surface area contributed by atoms with Gasteiger partial charge in [0.2, 0.25) is 0 Å². The molecule has 9 heteroatoms. The van der Waals surface area contributed by atoms with Crippen molar-refractivity contribution in [1.82, 2.24) is 20.2 Å². The average molecular weight is 442 g/mol. The van der Waals surface area contributed by atoms with Crippen LogP contribution >= 0.6 is 0 Å². The first kappa shape index (κ1) is 23.1. The molecule has 168 valence electrons. The lowest BCUT2D eigenvalue weighted by Gasteiger charge is -2.24. The maximum absolute atomic E-state index is 9.19. The Morgan fingerprint density at radius 2 is 2.09 bits per heavy atom. The summed E-state index contributed by atoms with van der Waals surface area (Å²) in [6, 6.07) is 7.69. The summed E-state index contributed by atoms with van der Waals surface area (Å²) in [5.74, 6) is 0.987. The third-order valence-electron chi connectivity index (χ3n) is 5.02. The molecule has 0 unspecified atom stereocenters. The summed E-state index contributed by atoms with van der Waals surface area (Å²) in [5, 5.41) is 24.1. The van der Waals surface area contributed by atoms with Crippen molar-refractivity contribution in [3.8, 4) is 6.07 Å². The van der Waals surface area contributed by atoms with Gasteiger partial charge < -0.3 is 27.0 Å². The van der Waals surface area contributed by atoms with E-state index >= 15 is 0 Å². The molecule has 2 aromatic rings. The molecule has 0 aliphatic carbocycles. The molecule has 1 aliphatic heterocycles. The summed E-state index contributed by atoms with van der Waals surface area (Å²) in [7, 11) is 3.61. The number of pyridine rings is 2. The first-order chi connectivity index (χ1) is 15.9. The van der Waals surface area contributed by atoms with Crippen LogP contribution in [0, 0.1) is 16.7 Å². The van der Waals surface area contributed by atoms with E-state index in [9.17, 15) is 5.26 Å². The van der Waals surface area contributed by atoms with Gasteiger partial charge in [0.05, 0.1) is 16.7 Å². The molecule has 0 saturated heterocycles. The molecule has 33 heavy (non-hydrogen) atoms. The van der Waals surface area contributed by atoms with Crippen molar-refractivity contribution >= 4 is 28.1 Å². The highest BCUT2D eigenvalue weighted by molar-refractivity contribution is 6.30. The highest BCUT2D eigenvalue weighted by Crippen LogP contribution is 2.25. The largest absolute Gasteiger partial charge is 0.404 e. The number of nitrogens with zero attached hydrogens (tertiary/aromatic N) is 4. The molecule has 0 amide bonds. The van der Waals surface area contributed by atoms with Crippen molar-refractivity contribution in [3.63, 3.8) is 0 Å². The van der Waals surface area contributed by atoms with Gasteiger partial charge in [0.25, 0.3) is 0 Å². The molecule has 9 nitrogen and oxygen atoms in total. The molecule has 0 fully saturated rings. The molecule has 3 heterocycles. The summed E-state index contributed by atoms with van der Waals surface area (Å²) < 4.78 is 0. The molecule has 0 bridgehead atoms. The van der Waals surface area contributed by atoms with E-state index in [4.69, 9.17) is 16.9 Å². The molecule has 3 rings (SSSR count). The van der Waals surface area contributed by atoms with Gasteiger partial charge in [0.15, 0.2) is 0 Å². The quantitative estimate of drug-likeness (QED) is 0.325. The number of likely N-dealkylation sites (N-methyl/N-ethyl adjacent to an activating group) is 1. The fourth-order valence-corrected chi connectivity index (χ4v) is 3.30. The van der Waals surface area contributed by atoms with Gasteiger partial charge >= 0.3 is 0 Å². The highest BCUT2D eigenvalue weighted by atomic mass is 15.1. The van der Waals surface area contributed by atoms with Gasteiger partial charge in [-0.1, -0.05) is 6.08 Å². The predicted octanol–water partition coefficient (Wildman–Crippen LogP) is 2.56. The van der Waals surface area contributed by atoms with Gasteiger partial charge in [-0.15, -0.1) is 0 Å². The lowest BCUT2D eigenvalue weighted by Crippen LogP contribution is -2.26. The number of rotatable bonds is 7. The van der Waals surface area contributed by atoms with Crippen LogP contribution < -0.4 is 22.1 Å². The molecule has 1 aliphatic rings. The molecule has 2 aromatic heterocycles. The van der Waals surface area contributed by atoms with Crippen molar-refractivity contribution in [1.29, 1.82) is 10.7 Å². The molecule has 0 spiro atoms. The van der Waals surface area contributed by atoms with Crippen LogP contribution in [0.15, 0.2) is 77.7 Å².